The Kier molecular flexibility index (Phi) is 4.72. The molecule has 1 aromatic heterocycles. The summed E-state index contributed by atoms with van der Waals surface area (Å²) >= 11 is 0. The first-order valence-electron chi connectivity index (χ1n) is 9.70. The number of carbonyl (C=O) groups excluding carboxylic acids is 2. The Balaban J connectivity index is 1.56. The van der Waals surface area contributed by atoms with E-state index in [1.807, 2.05) is 41.2 Å². The summed E-state index contributed by atoms with van der Waals surface area (Å²) in [7, 11) is 0. The molecule has 3 heterocycles. The molecule has 0 atom stereocenters. The van der Waals surface area contributed by atoms with Crippen LogP contribution in [0.4, 0.5) is 0 Å². The van der Waals surface area contributed by atoms with Gasteiger partial charge < -0.3 is 14.4 Å². The normalized spacial score (nSPS) is 17.2. The van der Waals surface area contributed by atoms with Crippen molar-refractivity contribution in [3.63, 3.8) is 0 Å². The van der Waals surface area contributed by atoms with Crippen LogP contribution in [-0.4, -0.2) is 44.3 Å². The van der Waals surface area contributed by atoms with Crippen molar-refractivity contribution in [2.45, 2.75) is 52.7 Å². The molecule has 6 heteroatoms. The van der Waals surface area contributed by atoms with E-state index >= 15 is 0 Å². The van der Waals surface area contributed by atoms with Gasteiger partial charge in [-0.2, -0.15) is 0 Å². The fourth-order valence-corrected chi connectivity index (χ4v) is 3.93. The summed E-state index contributed by atoms with van der Waals surface area (Å²) in [6.07, 6.45) is 4.32. The molecule has 0 saturated carbocycles. The molecule has 2 aliphatic heterocycles. The Morgan fingerprint density at radius 1 is 1.11 bits per heavy atom. The summed E-state index contributed by atoms with van der Waals surface area (Å²) in [5, 5.41) is 0. The Morgan fingerprint density at radius 3 is 2.70 bits per heavy atom. The summed E-state index contributed by atoms with van der Waals surface area (Å²) in [6, 6.07) is 5.90. The van der Waals surface area contributed by atoms with Crippen LogP contribution in [0.3, 0.4) is 0 Å². The molecule has 27 heavy (non-hydrogen) atoms. The fraction of sp³-hybridized carbons (Fsp3) is 0.476. The number of aromatic nitrogens is 2. The van der Waals surface area contributed by atoms with Gasteiger partial charge in [0.2, 0.25) is 5.91 Å². The van der Waals surface area contributed by atoms with Crippen LogP contribution >= 0.6 is 0 Å². The molecule has 0 radical (unpaired) electrons. The number of rotatable bonds is 3. The fourth-order valence-electron chi connectivity index (χ4n) is 3.93. The quantitative estimate of drug-likeness (QED) is 0.839. The zero-order valence-corrected chi connectivity index (χ0v) is 16.1. The van der Waals surface area contributed by atoms with Crippen LogP contribution in [0.1, 0.15) is 52.1 Å². The third-order valence-electron chi connectivity index (χ3n) is 5.75. The number of aryl methyl sites for hydroxylation is 3. The number of benzene rings is 1. The second-order valence-electron chi connectivity index (χ2n) is 7.63. The van der Waals surface area contributed by atoms with Crippen molar-refractivity contribution >= 4 is 11.8 Å². The van der Waals surface area contributed by atoms with Crippen molar-refractivity contribution < 1.29 is 9.59 Å². The third kappa shape index (κ3) is 3.48. The minimum Gasteiger partial charge on any atom is -0.337 e. The minimum atomic E-state index is 0.0657. The van der Waals surface area contributed by atoms with Crippen molar-refractivity contribution in [2.24, 2.45) is 0 Å². The predicted octanol–water partition coefficient (Wildman–Crippen LogP) is 2.67. The van der Waals surface area contributed by atoms with Gasteiger partial charge in [0.15, 0.2) is 0 Å². The summed E-state index contributed by atoms with van der Waals surface area (Å²) < 4.78 is 2.14. The van der Waals surface area contributed by atoms with E-state index in [2.05, 4.69) is 16.5 Å². The first kappa shape index (κ1) is 17.8. The molecule has 0 spiro atoms. The van der Waals surface area contributed by atoms with E-state index in [9.17, 15) is 9.59 Å². The smallest absolute Gasteiger partial charge is 0.254 e. The number of likely N-dealkylation sites (tertiary alicyclic amines) is 1. The molecule has 2 amide bonds. The Morgan fingerprint density at radius 2 is 1.96 bits per heavy atom. The first-order valence-corrected chi connectivity index (χ1v) is 9.70. The number of fused-ring (bicyclic) bond motifs is 1. The minimum absolute atomic E-state index is 0.0657. The molecular weight excluding hydrogens is 340 g/mol. The molecule has 0 unspecified atom stereocenters. The number of nitrogens with zero attached hydrogens (tertiary/aromatic N) is 4. The zero-order valence-electron chi connectivity index (χ0n) is 16.1. The highest BCUT2D eigenvalue weighted by molar-refractivity contribution is 5.94. The second-order valence-corrected chi connectivity index (χ2v) is 7.63. The van der Waals surface area contributed by atoms with Gasteiger partial charge in [0, 0.05) is 31.6 Å². The highest BCUT2D eigenvalue weighted by Gasteiger charge is 2.26. The molecular formula is C21H26N4O2. The average molecular weight is 366 g/mol. The van der Waals surface area contributed by atoms with Crippen molar-refractivity contribution in [1.29, 1.82) is 0 Å². The van der Waals surface area contributed by atoms with Gasteiger partial charge in [-0.15, -0.1) is 0 Å². The van der Waals surface area contributed by atoms with E-state index < -0.39 is 0 Å². The summed E-state index contributed by atoms with van der Waals surface area (Å²) in [5.41, 5.74) is 5.05. The van der Waals surface area contributed by atoms with Crippen LogP contribution < -0.4 is 0 Å². The molecule has 0 N–H and O–H groups in total. The zero-order chi connectivity index (χ0) is 19.0. The highest BCUT2D eigenvalue weighted by Crippen LogP contribution is 2.22. The predicted molar refractivity (Wildman–Crippen MR) is 102 cm³/mol. The largest absolute Gasteiger partial charge is 0.337 e. The Hall–Kier alpha value is -2.63. The molecule has 2 aromatic rings. The maximum Gasteiger partial charge on any atom is 0.254 e. The van der Waals surface area contributed by atoms with Gasteiger partial charge in [0.25, 0.3) is 5.91 Å². The molecule has 4 rings (SSSR count). The summed E-state index contributed by atoms with van der Waals surface area (Å²) in [4.78, 5) is 33.4. The second kappa shape index (κ2) is 7.18. The number of imidazole rings is 1. The van der Waals surface area contributed by atoms with Crippen LogP contribution in [0.5, 0.6) is 0 Å². The number of amides is 2. The van der Waals surface area contributed by atoms with Gasteiger partial charge in [-0.3, -0.25) is 9.59 Å². The SMILES string of the molecule is Cc1ccc(C(=O)N2CCCn3cnc(CN4CCCC4=O)c3C2)cc1C. The van der Waals surface area contributed by atoms with Crippen LogP contribution in [-0.2, 0) is 24.4 Å². The molecule has 1 aromatic carbocycles. The van der Waals surface area contributed by atoms with E-state index in [0.29, 0.717) is 19.5 Å². The molecule has 2 aliphatic rings. The van der Waals surface area contributed by atoms with Gasteiger partial charge >= 0.3 is 0 Å². The molecule has 0 bridgehead atoms. The summed E-state index contributed by atoms with van der Waals surface area (Å²) in [6.45, 7) is 7.57. The number of hydrogen-bond donors (Lipinski definition) is 0. The van der Waals surface area contributed by atoms with E-state index in [1.165, 1.54) is 5.56 Å². The lowest BCUT2D eigenvalue weighted by atomic mass is 10.1. The van der Waals surface area contributed by atoms with Crippen molar-refractivity contribution in [2.75, 3.05) is 13.1 Å². The van der Waals surface area contributed by atoms with E-state index in [0.717, 1.165) is 55.0 Å². The Labute approximate surface area is 159 Å². The van der Waals surface area contributed by atoms with E-state index in [-0.39, 0.29) is 11.8 Å². The molecule has 1 saturated heterocycles. The monoisotopic (exact) mass is 366 g/mol. The van der Waals surface area contributed by atoms with Crippen molar-refractivity contribution in [3.8, 4) is 0 Å². The maximum absolute atomic E-state index is 13.1. The standard InChI is InChI=1S/C21H26N4O2/c1-15-6-7-17(11-16(15)2)21(27)24-9-4-10-25-14-22-18(19(25)13-24)12-23-8-3-5-20(23)26/h6-7,11,14H,3-5,8-10,12-13H2,1-2H3. The maximum atomic E-state index is 13.1. The summed E-state index contributed by atoms with van der Waals surface area (Å²) in [5.74, 6) is 0.268. The van der Waals surface area contributed by atoms with Gasteiger partial charge in [0.05, 0.1) is 30.8 Å². The van der Waals surface area contributed by atoms with Gasteiger partial charge in [-0.05, 0) is 49.9 Å². The third-order valence-corrected chi connectivity index (χ3v) is 5.75. The number of carbonyl (C=O) groups is 2. The van der Waals surface area contributed by atoms with Crippen LogP contribution in [0.25, 0.3) is 0 Å². The van der Waals surface area contributed by atoms with Crippen molar-refractivity contribution in [3.05, 3.63) is 52.6 Å². The van der Waals surface area contributed by atoms with Gasteiger partial charge in [-0.25, -0.2) is 4.98 Å². The average Bonchev–Trinajstić information content (AvgIpc) is 3.16. The lowest BCUT2D eigenvalue weighted by Gasteiger charge is -2.22. The molecule has 1 fully saturated rings. The van der Waals surface area contributed by atoms with E-state index in [4.69, 9.17) is 0 Å². The molecule has 6 nitrogen and oxygen atoms in total. The molecule has 142 valence electrons. The number of hydrogen-bond acceptors (Lipinski definition) is 3. The van der Waals surface area contributed by atoms with Crippen LogP contribution in [0.2, 0.25) is 0 Å². The molecule has 0 aliphatic carbocycles. The van der Waals surface area contributed by atoms with Crippen molar-refractivity contribution in [1.82, 2.24) is 19.4 Å². The lowest BCUT2D eigenvalue weighted by molar-refractivity contribution is -0.128. The topological polar surface area (TPSA) is 58.4 Å². The Bertz CT molecular complexity index is 886. The first-order chi connectivity index (χ1) is 13.0. The van der Waals surface area contributed by atoms with Crippen LogP contribution in [0.15, 0.2) is 24.5 Å². The van der Waals surface area contributed by atoms with Gasteiger partial charge in [0.1, 0.15) is 0 Å². The van der Waals surface area contributed by atoms with E-state index in [1.54, 1.807) is 0 Å². The lowest BCUT2D eigenvalue weighted by Crippen LogP contribution is -2.31. The van der Waals surface area contributed by atoms with Gasteiger partial charge in [-0.1, -0.05) is 6.07 Å². The highest BCUT2D eigenvalue weighted by atomic mass is 16.2. The van der Waals surface area contributed by atoms with Crippen LogP contribution in [0, 0.1) is 13.8 Å².